The fraction of sp³-hybridized carbons (Fsp3) is 0.571. The molecule has 88 valence electrons. The Morgan fingerprint density at radius 1 is 1.25 bits per heavy atom. The highest BCUT2D eigenvalue weighted by atomic mass is 15.0. The van der Waals surface area contributed by atoms with Crippen LogP contribution < -0.4 is 10.6 Å². The van der Waals surface area contributed by atoms with Crippen molar-refractivity contribution < 1.29 is 0 Å². The molecule has 2 nitrogen and oxygen atoms in total. The number of nitrogens with one attached hydrogen (secondary N) is 2. The highest BCUT2D eigenvalue weighted by Crippen LogP contribution is 2.29. The smallest absolute Gasteiger partial charge is 0.0378 e. The van der Waals surface area contributed by atoms with E-state index in [0.717, 1.165) is 25.6 Å². The van der Waals surface area contributed by atoms with Gasteiger partial charge in [0, 0.05) is 31.2 Å². The third kappa shape index (κ3) is 2.56. The van der Waals surface area contributed by atoms with Crippen molar-refractivity contribution in [3.05, 3.63) is 29.8 Å². The maximum Gasteiger partial charge on any atom is 0.0378 e. The molecule has 1 aromatic carbocycles. The van der Waals surface area contributed by atoms with Crippen LogP contribution in [-0.4, -0.2) is 19.6 Å². The van der Waals surface area contributed by atoms with Crippen molar-refractivity contribution in [1.82, 2.24) is 5.32 Å². The Balaban J connectivity index is 2.06. The van der Waals surface area contributed by atoms with E-state index in [1.54, 1.807) is 0 Å². The summed E-state index contributed by atoms with van der Waals surface area (Å²) in [4.78, 5) is 0. The van der Waals surface area contributed by atoms with E-state index in [9.17, 15) is 0 Å². The van der Waals surface area contributed by atoms with Crippen LogP contribution >= 0.6 is 0 Å². The van der Waals surface area contributed by atoms with Crippen molar-refractivity contribution in [1.29, 1.82) is 0 Å². The van der Waals surface area contributed by atoms with Gasteiger partial charge in [-0.1, -0.05) is 39.0 Å². The fourth-order valence-corrected chi connectivity index (χ4v) is 2.04. The SMILES string of the molecule is CC(C)(C)c1ccccc1NCC1CNC1. The summed E-state index contributed by atoms with van der Waals surface area (Å²) in [5.41, 5.74) is 2.91. The summed E-state index contributed by atoms with van der Waals surface area (Å²) in [6.45, 7) is 10.2. The van der Waals surface area contributed by atoms with E-state index >= 15 is 0 Å². The van der Waals surface area contributed by atoms with E-state index in [-0.39, 0.29) is 5.41 Å². The third-order valence-electron chi connectivity index (χ3n) is 3.18. The highest BCUT2D eigenvalue weighted by molar-refractivity contribution is 5.54. The second kappa shape index (κ2) is 4.46. The van der Waals surface area contributed by atoms with Crippen molar-refractivity contribution in [3.8, 4) is 0 Å². The molecule has 1 fully saturated rings. The number of hydrogen-bond donors (Lipinski definition) is 2. The van der Waals surface area contributed by atoms with Crippen LogP contribution in [0.25, 0.3) is 0 Å². The standard InChI is InChI=1S/C14H22N2/c1-14(2,3)12-6-4-5-7-13(12)16-10-11-8-15-9-11/h4-7,11,15-16H,8-10H2,1-3H3. The topological polar surface area (TPSA) is 24.1 Å². The van der Waals surface area contributed by atoms with Crippen LogP contribution in [-0.2, 0) is 5.41 Å². The molecule has 1 aromatic rings. The van der Waals surface area contributed by atoms with Crippen LogP contribution in [0.3, 0.4) is 0 Å². The number of para-hydroxylation sites is 1. The monoisotopic (exact) mass is 218 g/mol. The lowest BCUT2D eigenvalue weighted by molar-refractivity contribution is 0.365. The lowest BCUT2D eigenvalue weighted by Gasteiger charge is -2.29. The second-order valence-electron chi connectivity index (χ2n) is 5.70. The maximum atomic E-state index is 3.58. The van der Waals surface area contributed by atoms with E-state index in [0.29, 0.717) is 0 Å². The van der Waals surface area contributed by atoms with Crippen LogP contribution in [0, 0.1) is 5.92 Å². The van der Waals surface area contributed by atoms with Gasteiger partial charge in [0.05, 0.1) is 0 Å². The minimum absolute atomic E-state index is 0.210. The zero-order chi connectivity index (χ0) is 11.6. The molecule has 0 unspecified atom stereocenters. The molecular weight excluding hydrogens is 196 g/mol. The first-order chi connectivity index (χ1) is 7.57. The molecule has 2 rings (SSSR count). The first kappa shape index (κ1) is 11.5. The molecule has 0 saturated carbocycles. The molecule has 0 bridgehead atoms. The van der Waals surface area contributed by atoms with Crippen LogP contribution in [0.4, 0.5) is 5.69 Å². The molecule has 1 aliphatic rings. The summed E-state index contributed by atoms with van der Waals surface area (Å²) < 4.78 is 0. The lowest BCUT2D eigenvalue weighted by Crippen LogP contribution is -2.45. The number of benzene rings is 1. The molecule has 0 aliphatic carbocycles. The molecule has 0 radical (unpaired) electrons. The summed E-state index contributed by atoms with van der Waals surface area (Å²) in [7, 11) is 0. The zero-order valence-electron chi connectivity index (χ0n) is 10.5. The predicted octanol–water partition coefficient (Wildman–Crippen LogP) is 2.62. The van der Waals surface area contributed by atoms with Crippen LogP contribution in [0.1, 0.15) is 26.3 Å². The van der Waals surface area contributed by atoms with E-state index in [4.69, 9.17) is 0 Å². The normalized spacial score (nSPS) is 16.9. The first-order valence-corrected chi connectivity index (χ1v) is 6.11. The average Bonchev–Trinajstić information content (AvgIpc) is 2.14. The van der Waals surface area contributed by atoms with Crippen molar-refractivity contribution in [3.63, 3.8) is 0 Å². The Morgan fingerprint density at radius 3 is 2.50 bits per heavy atom. The van der Waals surface area contributed by atoms with Gasteiger partial charge in [-0.05, 0) is 17.0 Å². The maximum absolute atomic E-state index is 3.58. The minimum Gasteiger partial charge on any atom is -0.384 e. The quantitative estimate of drug-likeness (QED) is 0.815. The number of rotatable bonds is 3. The average molecular weight is 218 g/mol. The van der Waals surface area contributed by atoms with E-state index in [2.05, 4.69) is 55.7 Å². The van der Waals surface area contributed by atoms with Gasteiger partial charge in [0.1, 0.15) is 0 Å². The molecule has 0 amide bonds. The summed E-state index contributed by atoms with van der Waals surface area (Å²) in [5.74, 6) is 0.799. The molecule has 0 atom stereocenters. The molecule has 16 heavy (non-hydrogen) atoms. The molecule has 1 aliphatic heterocycles. The van der Waals surface area contributed by atoms with Crippen LogP contribution in [0.2, 0.25) is 0 Å². The van der Waals surface area contributed by atoms with E-state index in [1.807, 2.05) is 0 Å². The molecule has 1 saturated heterocycles. The summed E-state index contributed by atoms with van der Waals surface area (Å²) in [5, 5.41) is 6.88. The largest absolute Gasteiger partial charge is 0.384 e. The Hall–Kier alpha value is -1.02. The zero-order valence-corrected chi connectivity index (χ0v) is 10.5. The highest BCUT2D eigenvalue weighted by Gasteiger charge is 2.19. The molecule has 1 heterocycles. The Morgan fingerprint density at radius 2 is 1.94 bits per heavy atom. The van der Waals surface area contributed by atoms with Gasteiger partial charge in [0.25, 0.3) is 0 Å². The minimum atomic E-state index is 0.210. The van der Waals surface area contributed by atoms with Crippen molar-refractivity contribution in [2.75, 3.05) is 25.0 Å². The number of hydrogen-bond acceptors (Lipinski definition) is 2. The van der Waals surface area contributed by atoms with Gasteiger partial charge in [-0.25, -0.2) is 0 Å². The van der Waals surface area contributed by atoms with Crippen molar-refractivity contribution in [2.24, 2.45) is 5.92 Å². The van der Waals surface area contributed by atoms with Gasteiger partial charge >= 0.3 is 0 Å². The Labute approximate surface area is 98.4 Å². The van der Waals surface area contributed by atoms with Gasteiger partial charge in [0.15, 0.2) is 0 Å². The molecule has 2 heteroatoms. The van der Waals surface area contributed by atoms with Gasteiger partial charge < -0.3 is 10.6 Å². The molecular formula is C14H22N2. The van der Waals surface area contributed by atoms with E-state index < -0.39 is 0 Å². The Bertz CT molecular complexity index is 348. The van der Waals surface area contributed by atoms with Gasteiger partial charge in [-0.15, -0.1) is 0 Å². The fourth-order valence-electron chi connectivity index (χ4n) is 2.04. The Kier molecular flexibility index (Phi) is 3.20. The number of anilines is 1. The summed E-state index contributed by atoms with van der Waals surface area (Å²) >= 11 is 0. The van der Waals surface area contributed by atoms with E-state index in [1.165, 1.54) is 11.3 Å². The van der Waals surface area contributed by atoms with Gasteiger partial charge in [-0.2, -0.15) is 0 Å². The second-order valence-corrected chi connectivity index (χ2v) is 5.70. The van der Waals surface area contributed by atoms with Crippen molar-refractivity contribution >= 4 is 5.69 Å². The summed E-state index contributed by atoms with van der Waals surface area (Å²) in [6.07, 6.45) is 0. The van der Waals surface area contributed by atoms with Crippen LogP contribution in [0.15, 0.2) is 24.3 Å². The molecule has 0 aromatic heterocycles. The lowest BCUT2D eigenvalue weighted by atomic mass is 9.85. The molecule has 0 spiro atoms. The molecule has 2 N–H and O–H groups in total. The van der Waals surface area contributed by atoms with Gasteiger partial charge in [-0.3, -0.25) is 0 Å². The summed E-state index contributed by atoms with van der Waals surface area (Å²) in [6, 6.07) is 8.64. The van der Waals surface area contributed by atoms with Gasteiger partial charge in [0.2, 0.25) is 0 Å². The van der Waals surface area contributed by atoms with Crippen LogP contribution in [0.5, 0.6) is 0 Å². The first-order valence-electron chi connectivity index (χ1n) is 6.11. The third-order valence-corrected chi connectivity index (χ3v) is 3.18. The van der Waals surface area contributed by atoms with Crippen molar-refractivity contribution in [2.45, 2.75) is 26.2 Å². The predicted molar refractivity (Wildman–Crippen MR) is 70.0 cm³/mol.